The van der Waals surface area contributed by atoms with Gasteiger partial charge >= 0.3 is 0 Å². The van der Waals surface area contributed by atoms with Crippen molar-refractivity contribution < 1.29 is 15.3 Å². The molecule has 0 aromatic rings. The Morgan fingerprint density at radius 2 is 1.80 bits per heavy atom. The van der Waals surface area contributed by atoms with Crippen LogP contribution in [0.3, 0.4) is 0 Å². The summed E-state index contributed by atoms with van der Waals surface area (Å²) in [6.07, 6.45) is -2.12. The highest BCUT2D eigenvalue weighted by molar-refractivity contribution is 4.80. The standard InChI is InChI=1S/C6H13NO3/c8-4-1-2-7-3-5(9)6(4)10/h4-10H,1-3H2/t4-,5-,6-/m1/s1. The van der Waals surface area contributed by atoms with Gasteiger partial charge in [-0.3, -0.25) is 0 Å². The molecule has 60 valence electrons. The van der Waals surface area contributed by atoms with Crippen LogP contribution in [0, 0.1) is 0 Å². The molecular formula is C6H13NO3. The van der Waals surface area contributed by atoms with E-state index in [1.807, 2.05) is 0 Å². The number of aliphatic hydroxyl groups excluding tert-OH is 3. The van der Waals surface area contributed by atoms with Gasteiger partial charge in [0.15, 0.2) is 0 Å². The molecule has 1 rings (SSSR count). The number of β-amino-alcohol motifs (C(OH)–C–C–N with tert-alkyl or cyclic N) is 1. The zero-order valence-electron chi connectivity index (χ0n) is 5.70. The maximum absolute atomic E-state index is 9.09. The Bertz CT molecular complexity index is 97.2. The van der Waals surface area contributed by atoms with Crippen LogP contribution in [0.2, 0.25) is 0 Å². The smallest absolute Gasteiger partial charge is 0.107 e. The SMILES string of the molecule is O[C@@H]1[C@H](O)CCNC[C@H]1O. The van der Waals surface area contributed by atoms with Crippen LogP contribution in [0.15, 0.2) is 0 Å². The van der Waals surface area contributed by atoms with Gasteiger partial charge in [0.2, 0.25) is 0 Å². The van der Waals surface area contributed by atoms with E-state index >= 15 is 0 Å². The molecule has 1 aliphatic heterocycles. The van der Waals surface area contributed by atoms with E-state index in [2.05, 4.69) is 5.32 Å². The van der Waals surface area contributed by atoms with Crippen molar-refractivity contribution in [1.29, 1.82) is 0 Å². The minimum atomic E-state index is -0.991. The first kappa shape index (κ1) is 7.94. The molecule has 4 heteroatoms. The van der Waals surface area contributed by atoms with E-state index < -0.39 is 18.3 Å². The molecule has 0 amide bonds. The van der Waals surface area contributed by atoms with Crippen molar-refractivity contribution in [2.45, 2.75) is 24.7 Å². The van der Waals surface area contributed by atoms with E-state index in [1.165, 1.54) is 0 Å². The maximum atomic E-state index is 9.09. The molecule has 0 radical (unpaired) electrons. The lowest BCUT2D eigenvalue weighted by Gasteiger charge is -2.17. The molecule has 0 aliphatic carbocycles. The van der Waals surface area contributed by atoms with Gasteiger partial charge in [-0.05, 0) is 13.0 Å². The maximum Gasteiger partial charge on any atom is 0.107 e. The summed E-state index contributed by atoms with van der Waals surface area (Å²) < 4.78 is 0. The van der Waals surface area contributed by atoms with Crippen molar-refractivity contribution in [1.82, 2.24) is 5.32 Å². The van der Waals surface area contributed by atoms with Crippen LogP contribution in [-0.4, -0.2) is 46.7 Å². The van der Waals surface area contributed by atoms with Gasteiger partial charge in [0.25, 0.3) is 0 Å². The van der Waals surface area contributed by atoms with E-state index in [9.17, 15) is 0 Å². The minimum absolute atomic E-state index is 0.359. The van der Waals surface area contributed by atoms with E-state index in [0.717, 1.165) is 0 Å². The zero-order chi connectivity index (χ0) is 7.56. The average Bonchev–Trinajstić information content (AvgIpc) is 2.04. The van der Waals surface area contributed by atoms with Gasteiger partial charge in [-0.15, -0.1) is 0 Å². The van der Waals surface area contributed by atoms with Crippen LogP contribution >= 0.6 is 0 Å². The van der Waals surface area contributed by atoms with Crippen molar-refractivity contribution in [3.05, 3.63) is 0 Å². The van der Waals surface area contributed by atoms with Gasteiger partial charge in [-0.25, -0.2) is 0 Å². The van der Waals surface area contributed by atoms with E-state index in [1.54, 1.807) is 0 Å². The van der Waals surface area contributed by atoms with Crippen LogP contribution in [0.25, 0.3) is 0 Å². The Balaban J connectivity index is 2.46. The molecule has 1 fully saturated rings. The fourth-order valence-corrected chi connectivity index (χ4v) is 1.05. The lowest BCUT2D eigenvalue weighted by molar-refractivity contribution is -0.0503. The number of rotatable bonds is 0. The third-order valence-corrected chi connectivity index (χ3v) is 1.76. The van der Waals surface area contributed by atoms with E-state index in [-0.39, 0.29) is 0 Å². The molecule has 0 spiro atoms. The second-order valence-electron chi connectivity index (χ2n) is 2.62. The highest BCUT2D eigenvalue weighted by atomic mass is 16.4. The predicted molar refractivity (Wildman–Crippen MR) is 35.5 cm³/mol. The van der Waals surface area contributed by atoms with Gasteiger partial charge in [-0.1, -0.05) is 0 Å². The second kappa shape index (κ2) is 3.30. The Hall–Kier alpha value is -0.160. The Kier molecular flexibility index (Phi) is 2.62. The molecular weight excluding hydrogens is 134 g/mol. The lowest BCUT2D eigenvalue weighted by Crippen LogP contribution is -2.38. The van der Waals surface area contributed by atoms with Crippen LogP contribution in [0.4, 0.5) is 0 Å². The summed E-state index contributed by atoms with van der Waals surface area (Å²) in [6.45, 7) is 1.01. The van der Waals surface area contributed by atoms with Gasteiger partial charge in [-0.2, -0.15) is 0 Å². The molecule has 0 aromatic carbocycles. The summed E-state index contributed by atoms with van der Waals surface area (Å²) in [5.74, 6) is 0. The van der Waals surface area contributed by atoms with E-state index in [0.29, 0.717) is 19.5 Å². The normalized spacial score (nSPS) is 42.9. The van der Waals surface area contributed by atoms with Crippen molar-refractivity contribution in [3.63, 3.8) is 0 Å². The number of hydrogen-bond acceptors (Lipinski definition) is 4. The third kappa shape index (κ3) is 1.67. The first-order chi connectivity index (χ1) is 4.72. The molecule has 0 bridgehead atoms. The highest BCUT2D eigenvalue weighted by Crippen LogP contribution is 2.05. The van der Waals surface area contributed by atoms with Crippen molar-refractivity contribution >= 4 is 0 Å². The molecule has 3 atom stereocenters. The number of nitrogens with one attached hydrogen (secondary N) is 1. The highest BCUT2D eigenvalue weighted by Gasteiger charge is 2.26. The molecule has 4 N–H and O–H groups in total. The summed E-state index contributed by atoms with van der Waals surface area (Å²) in [5.41, 5.74) is 0. The lowest BCUT2D eigenvalue weighted by atomic mass is 10.1. The first-order valence-electron chi connectivity index (χ1n) is 3.46. The zero-order valence-corrected chi connectivity index (χ0v) is 5.70. The van der Waals surface area contributed by atoms with Gasteiger partial charge in [0, 0.05) is 6.54 Å². The fourth-order valence-electron chi connectivity index (χ4n) is 1.05. The van der Waals surface area contributed by atoms with Gasteiger partial charge < -0.3 is 20.6 Å². The fraction of sp³-hybridized carbons (Fsp3) is 1.00. The summed E-state index contributed by atoms with van der Waals surface area (Å²) in [6, 6.07) is 0. The average molecular weight is 147 g/mol. The molecule has 0 aromatic heterocycles. The van der Waals surface area contributed by atoms with Crippen LogP contribution in [0.1, 0.15) is 6.42 Å². The summed E-state index contributed by atoms with van der Waals surface area (Å²) >= 11 is 0. The second-order valence-corrected chi connectivity index (χ2v) is 2.62. The summed E-state index contributed by atoms with van der Waals surface area (Å²) in [7, 11) is 0. The van der Waals surface area contributed by atoms with Gasteiger partial charge in [0.1, 0.15) is 6.10 Å². The Labute approximate surface area is 59.5 Å². The van der Waals surface area contributed by atoms with Gasteiger partial charge in [0.05, 0.1) is 12.2 Å². The number of hydrogen-bond donors (Lipinski definition) is 4. The van der Waals surface area contributed by atoms with E-state index in [4.69, 9.17) is 15.3 Å². The van der Waals surface area contributed by atoms with Crippen molar-refractivity contribution in [2.24, 2.45) is 0 Å². The van der Waals surface area contributed by atoms with Crippen LogP contribution in [-0.2, 0) is 0 Å². The summed E-state index contributed by atoms with van der Waals surface area (Å²) in [5, 5.41) is 30.1. The molecule has 0 unspecified atom stereocenters. The monoisotopic (exact) mass is 147 g/mol. The predicted octanol–water partition coefficient (Wildman–Crippen LogP) is -1.94. The third-order valence-electron chi connectivity index (χ3n) is 1.76. The first-order valence-corrected chi connectivity index (χ1v) is 3.46. The molecule has 4 nitrogen and oxygen atoms in total. The molecule has 10 heavy (non-hydrogen) atoms. The molecule has 1 heterocycles. The Morgan fingerprint density at radius 1 is 1.10 bits per heavy atom. The van der Waals surface area contributed by atoms with Crippen molar-refractivity contribution in [3.8, 4) is 0 Å². The molecule has 0 saturated carbocycles. The minimum Gasteiger partial charge on any atom is -0.390 e. The molecule has 1 saturated heterocycles. The van der Waals surface area contributed by atoms with Crippen molar-refractivity contribution in [2.75, 3.05) is 13.1 Å². The largest absolute Gasteiger partial charge is 0.390 e. The van der Waals surface area contributed by atoms with Crippen LogP contribution < -0.4 is 5.32 Å². The van der Waals surface area contributed by atoms with Crippen LogP contribution in [0.5, 0.6) is 0 Å². The molecule has 1 aliphatic rings. The Morgan fingerprint density at radius 3 is 2.50 bits per heavy atom. The number of aliphatic hydroxyl groups is 3. The topological polar surface area (TPSA) is 72.7 Å². The quantitative estimate of drug-likeness (QED) is 0.322. The summed E-state index contributed by atoms with van der Waals surface area (Å²) in [4.78, 5) is 0.